The van der Waals surface area contributed by atoms with Crippen LogP contribution in [0.5, 0.6) is 5.88 Å². The molecule has 1 aliphatic rings. The van der Waals surface area contributed by atoms with E-state index in [9.17, 15) is 13.6 Å². The number of amides is 2. The zero-order valence-corrected chi connectivity index (χ0v) is 17.2. The van der Waals surface area contributed by atoms with Crippen LogP contribution in [0.1, 0.15) is 63.1 Å². The van der Waals surface area contributed by atoms with Gasteiger partial charge in [0.25, 0.3) is 0 Å². The molecule has 29 heavy (non-hydrogen) atoms. The largest absolute Gasteiger partial charge is 0.415 e. The maximum absolute atomic E-state index is 12.5. The molecule has 0 spiro atoms. The second-order valence-corrected chi connectivity index (χ2v) is 7.27. The van der Waals surface area contributed by atoms with Gasteiger partial charge in [0.15, 0.2) is 0 Å². The zero-order chi connectivity index (χ0) is 21.2. The van der Waals surface area contributed by atoms with Gasteiger partial charge in [0.1, 0.15) is 5.69 Å². The number of halogens is 2. The van der Waals surface area contributed by atoms with Crippen LogP contribution in [0.25, 0.3) is 0 Å². The van der Waals surface area contributed by atoms with E-state index in [4.69, 9.17) is 0 Å². The quantitative estimate of drug-likeness (QED) is 0.581. The van der Waals surface area contributed by atoms with E-state index < -0.39 is 12.6 Å². The molecule has 0 atom stereocenters. The van der Waals surface area contributed by atoms with E-state index in [0.29, 0.717) is 11.4 Å². The molecule has 1 aromatic carbocycles. The minimum absolute atomic E-state index is 0.0698. The Kier molecular flexibility index (Phi) is 8.83. The molecular weight excluding hydrogens is 376 g/mol. The number of aryl methyl sites for hydroxylation is 1. The molecule has 5 nitrogen and oxygen atoms in total. The minimum atomic E-state index is -3.02. The number of carbonyl (C=O) groups excluding carboxylic acids is 1. The molecule has 1 fully saturated rings. The van der Waals surface area contributed by atoms with Crippen LogP contribution in [0.4, 0.5) is 25.0 Å². The van der Waals surface area contributed by atoms with E-state index in [1.54, 1.807) is 25.1 Å². The summed E-state index contributed by atoms with van der Waals surface area (Å²) in [7, 11) is 0. The summed E-state index contributed by atoms with van der Waals surface area (Å²) in [5.74, 6) is -0.0995. The van der Waals surface area contributed by atoms with E-state index in [1.807, 2.05) is 26.0 Å². The Labute approximate surface area is 170 Å². The standard InChI is InChI=1S/C17H19F2N3O2.C5H10/c1-10(2)12-6-4-5-7-13(12)21-17(23)22-14-9-8-11(3)20-15(14)24-16(18)19;1-2-4-5-3-1/h4-10,16H,1-3H3,(H2,21,22,23);1-5H2. The first kappa shape index (κ1) is 22.6. The number of benzene rings is 1. The van der Waals surface area contributed by atoms with Crippen LogP contribution in [-0.4, -0.2) is 17.6 Å². The molecule has 7 heteroatoms. The number of hydrogen-bond acceptors (Lipinski definition) is 3. The van der Waals surface area contributed by atoms with Crippen molar-refractivity contribution in [2.24, 2.45) is 0 Å². The number of rotatable bonds is 5. The SMILES string of the molecule is C1CCCC1.Cc1ccc(NC(=O)Nc2ccccc2C(C)C)c(OC(F)F)n1. The van der Waals surface area contributed by atoms with Gasteiger partial charge in [-0.1, -0.05) is 64.2 Å². The lowest BCUT2D eigenvalue weighted by Gasteiger charge is -2.15. The highest BCUT2D eigenvalue weighted by Gasteiger charge is 2.15. The van der Waals surface area contributed by atoms with Gasteiger partial charge in [-0.2, -0.15) is 8.78 Å². The first-order chi connectivity index (χ1) is 13.9. The number of pyridine rings is 1. The van der Waals surface area contributed by atoms with Crippen LogP contribution in [0.15, 0.2) is 36.4 Å². The molecule has 0 saturated heterocycles. The molecule has 158 valence electrons. The molecule has 1 aromatic heterocycles. The van der Waals surface area contributed by atoms with E-state index in [-0.39, 0.29) is 17.5 Å². The number of aromatic nitrogens is 1. The second-order valence-electron chi connectivity index (χ2n) is 7.27. The van der Waals surface area contributed by atoms with Gasteiger partial charge >= 0.3 is 12.6 Å². The molecule has 0 unspecified atom stereocenters. The number of alkyl halides is 2. The van der Waals surface area contributed by atoms with Crippen molar-refractivity contribution in [3.8, 4) is 5.88 Å². The second kappa shape index (κ2) is 11.3. The molecule has 1 heterocycles. The fourth-order valence-corrected chi connectivity index (χ4v) is 3.08. The molecule has 2 aromatic rings. The van der Waals surface area contributed by atoms with Gasteiger partial charge in [-0.15, -0.1) is 0 Å². The zero-order valence-electron chi connectivity index (χ0n) is 17.2. The van der Waals surface area contributed by atoms with Crippen LogP contribution in [0.2, 0.25) is 0 Å². The van der Waals surface area contributed by atoms with Crippen LogP contribution >= 0.6 is 0 Å². The fraction of sp³-hybridized carbons (Fsp3) is 0.455. The van der Waals surface area contributed by atoms with E-state index in [0.717, 1.165) is 5.56 Å². The predicted octanol–water partition coefficient (Wildman–Crippen LogP) is 6.71. The van der Waals surface area contributed by atoms with Crippen LogP contribution in [0, 0.1) is 6.92 Å². The Morgan fingerprint density at radius 3 is 2.14 bits per heavy atom. The summed E-state index contributed by atoms with van der Waals surface area (Å²) in [4.78, 5) is 16.1. The number of nitrogens with zero attached hydrogens (tertiary/aromatic N) is 1. The molecule has 0 aliphatic heterocycles. The maximum atomic E-state index is 12.5. The van der Waals surface area contributed by atoms with Crippen LogP contribution in [0.3, 0.4) is 0 Å². The van der Waals surface area contributed by atoms with Crippen molar-refractivity contribution in [3.63, 3.8) is 0 Å². The summed E-state index contributed by atoms with van der Waals surface area (Å²) in [5.41, 5.74) is 2.20. The predicted molar refractivity (Wildman–Crippen MR) is 112 cm³/mol. The van der Waals surface area contributed by atoms with Gasteiger partial charge in [-0.25, -0.2) is 9.78 Å². The summed E-state index contributed by atoms with van der Waals surface area (Å²) in [6, 6.07) is 9.88. The van der Waals surface area contributed by atoms with Crippen molar-refractivity contribution >= 4 is 17.4 Å². The average Bonchev–Trinajstić information content (AvgIpc) is 3.24. The molecule has 1 saturated carbocycles. The summed E-state index contributed by atoms with van der Waals surface area (Å²) < 4.78 is 29.3. The summed E-state index contributed by atoms with van der Waals surface area (Å²) in [6.07, 6.45) is 7.50. The highest BCUT2D eigenvalue weighted by atomic mass is 19.3. The Morgan fingerprint density at radius 1 is 0.966 bits per heavy atom. The Morgan fingerprint density at radius 2 is 1.55 bits per heavy atom. The topological polar surface area (TPSA) is 63.2 Å². The monoisotopic (exact) mass is 405 g/mol. The lowest BCUT2D eigenvalue weighted by Crippen LogP contribution is -2.21. The van der Waals surface area contributed by atoms with Crippen molar-refractivity contribution in [2.75, 3.05) is 10.6 Å². The first-order valence-electron chi connectivity index (χ1n) is 9.96. The highest BCUT2D eigenvalue weighted by Crippen LogP contribution is 2.26. The van der Waals surface area contributed by atoms with Gasteiger partial charge in [0.05, 0.1) is 0 Å². The van der Waals surface area contributed by atoms with Gasteiger partial charge in [0.2, 0.25) is 5.88 Å². The van der Waals surface area contributed by atoms with E-state index >= 15 is 0 Å². The lowest BCUT2D eigenvalue weighted by atomic mass is 10.0. The number of nitrogens with one attached hydrogen (secondary N) is 2. The molecular formula is C22H29F2N3O2. The maximum Gasteiger partial charge on any atom is 0.388 e. The summed E-state index contributed by atoms with van der Waals surface area (Å²) >= 11 is 0. The number of para-hydroxylation sites is 1. The van der Waals surface area contributed by atoms with E-state index in [1.165, 1.54) is 38.2 Å². The molecule has 2 amide bonds. The van der Waals surface area contributed by atoms with Crippen LogP contribution < -0.4 is 15.4 Å². The smallest absolute Gasteiger partial charge is 0.388 e. The summed E-state index contributed by atoms with van der Waals surface area (Å²) in [6.45, 7) is 2.64. The van der Waals surface area contributed by atoms with Crippen LogP contribution in [-0.2, 0) is 0 Å². The number of ether oxygens (including phenoxy) is 1. The number of anilines is 2. The normalized spacial score (nSPS) is 13.1. The molecule has 2 N–H and O–H groups in total. The van der Waals surface area contributed by atoms with Crippen molar-refractivity contribution in [3.05, 3.63) is 47.7 Å². The van der Waals surface area contributed by atoms with Crippen molar-refractivity contribution in [1.82, 2.24) is 4.98 Å². The third-order valence-electron chi connectivity index (χ3n) is 4.53. The van der Waals surface area contributed by atoms with Crippen molar-refractivity contribution in [1.29, 1.82) is 0 Å². The molecule has 0 bridgehead atoms. The number of carbonyl (C=O) groups is 1. The van der Waals surface area contributed by atoms with E-state index in [2.05, 4.69) is 20.4 Å². The van der Waals surface area contributed by atoms with Crippen molar-refractivity contribution < 1.29 is 18.3 Å². The lowest BCUT2D eigenvalue weighted by molar-refractivity contribution is -0.0523. The third kappa shape index (κ3) is 7.68. The Hall–Kier alpha value is -2.70. The minimum Gasteiger partial charge on any atom is -0.415 e. The fourth-order valence-electron chi connectivity index (χ4n) is 3.08. The number of hydrogen-bond donors (Lipinski definition) is 2. The van der Waals surface area contributed by atoms with Gasteiger partial charge in [-0.05, 0) is 36.6 Å². The Balaban J connectivity index is 0.000000521. The molecule has 0 radical (unpaired) electrons. The van der Waals surface area contributed by atoms with Gasteiger partial charge in [0, 0.05) is 11.4 Å². The highest BCUT2D eigenvalue weighted by molar-refractivity contribution is 6.01. The van der Waals surface area contributed by atoms with Crippen molar-refractivity contribution in [2.45, 2.75) is 65.4 Å². The summed E-state index contributed by atoms with van der Waals surface area (Å²) in [5, 5.41) is 5.20. The third-order valence-corrected chi connectivity index (χ3v) is 4.53. The van der Waals surface area contributed by atoms with Gasteiger partial charge < -0.3 is 15.4 Å². The average molecular weight is 405 g/mol. The van der Waals surface area contributed by atoms with Gasteiger partial charge in [-0.3, -0.25) is 0 Å². The number of urea groups is 1. The molecule has 3 rings (SSSR count). The Bertz CT molecular complexity index is 786. The molecule has 1 aliphatic carbocycles. The first-order valence-corrected chi connectivity index (χ1v) is 9.96.